The Hall–Kier alpha value is -1.89. The molecule has 0 radical (unpaired) electrons. The molecule has 0 saturated heterocycles. The predicted octanol–water partition coefficient (Wildman–Crippen LogP) is 0.880. The van der Waals surface area contributed by atoms with Gasteiger partial charge < -0.3 is 4.57 Å². The number of aromatic amines is 1. The number of hydrogen-bond donors (Lipinski definition) is 1. The quantitative estimate of drug-likeness (QED) is 0.849. The highest BCUT2D eigenvalue weighted by atomic mass is 35.5. The van der Waals surface area contributed by atoms with Gasteiger partial charge in [0.1, 0.15) is 11.5 Å². The van der Waals surface area contributed by atoms with Crippen LogP contribution in [-0.4, -0.2) is 24.3 Å². The zero-order chi connectivity index (χ0) is 14.9. The van der Waals surface area contributed by atoms with Crippen molar-refractivity contribution in [2.75, 3.05) is 0 Å². The van der Waals surface area contributed by atoms with E-state index < -0.39 is 11.7 Å². The topological polar surface area (TPSA) is 85.6 Å². The molecule has 0 saturated carbocycles. The van der Waals surface area contributed by atoms with Crippen LogP contribution in [0.25, 0.3) is 0 Å². The van der Waals surface area contributed by atoms with E-state index in [-0.39, 0.29) is 10.7 Å². The lowest BCUT2D eigenvalue weighted by Gasteiger charge is -2.14. The normalized spacial score (nSPS) is 12.6. The summed E-state index contributed by atoms with van der Waals surface area (Å²) < 4.78 is 2.80. The number of nitrogens with zero attached hydrogens (tertiary/aromatic N) is 4. The van der Waals surface area contributed by atoms with Crippen LogP contribution in [0.1, 0.15) is 37.7 Å². The van der Waals surface area contributed by atoms with E-state index in [4.69, 9.17) is 11.6 Å². The largest absolute Gasteiger partial charge is 0.330 e. The second kappa shape index (κ2) is 5.62. The van der Waals surface area contributed by atoms with Gasteiger partial charge in [-0.1, -0.05) is 24.9 Å². The summed E-state index contributed by atoms with van der Waals surface area (Å²) in [5.41, 5.74) is -0.505. The Balaban J connectivity index is 2.63. The van der Waals surface area contributed by atoms with Crippen LogP contribution in [0.15, 0.2) is 15.9 Å². The second-order valence-electron chi connectivity index (χ2n) is 4.62. The van der Waals surface area contributed by atoms with Gasteiger partial charge in [0.2, 0.25) is 0 Å². The average molecular weight is 298 g/mol. The number of aryl methyl sites for hydroxylation is 1. The molecule has 2 aromatic heterocycles. The minimum absolute atomic E-state index is 0.114. The summed E-state index contributed by atoms with van der Waals surface area (Å²) in [6.07, 6.45) is 2.80. The van der Waals surface area contributed by atoms with Crippen molar-refractivity contribution in [3.05, 3.63) is 43.7 Å². The summed E-state index contributed by atoms with van der Waals surface area (Å²) in [6, 6.07) is -0.522. The summed E-state index contributed by atoms with van der Waals surface area (Å²) in [7, 11) is 1.76. The highest BCUT2D eigenvalue weighted by Crippen LogP contribution is 2.13. The number of aromatic nitrogens is 5. The fraction of sp³-hybridized carbons (Fsp3) is 0.500. The fourth-order valence-corrected chi connectivity index (χ4v) is 2.42. The highest BCUT2D eigenvalue weighted by Gasteiger charge is 2.20. The van der Waals surface area contributed by atoms with Gasteiger partial charge in [0, 0.05) is 7.05 Å². The highest BCUT2D eigenvalue weighted by molar-refractivity contribution is 6.30. The smallest absolute Gasteiger partial charge is 0.319 e. The van der Waals surface area contributed by atoms with Crippen molar-refractivity contribution < 1.29 is 0 Å². The predicted molar refractivity (Wildman–Crippen MR) is 75.1 cm³/mol. The summed E-state index contributed by atoms with van der Waals surface area (Å²) in [4.78, 5) is 27.0. The van der Waals surface area contributed by atoms with Crippen molar-refractivity contribution >= 4 is 11.6 Å². The molecule has 0 aliphatic heterocycles. The van der Waals surface area contributed by atoms with E-state index in [0.29, 0.717) is 17.8 Å². The van der Waals surface area contributed by atoms with Crippen molar-refractivity contribution in [1.29, 1.82) is 0 Å². The van der Waals surface area contributed by atoms with Crippen LogP contribution in [0, 0.1) is 0 Å². The molecule has 8 heteroatoms. The molecular formula is C12H16ClN5O2. The van der Waals surface area contributed by atoms with Gasteiger partial charge in [0.25, 0.3) is 5.56 Å². The Morgan fingerprint density at radius 3 is 2.70 bits per heavy atom. The lowest BCUT2D eigenvalue weighted by Crippen LogP contribution is -2.40. The minimum Gasteiger partial charge on any atom is -0.319 e. The molecular weight excluding hydrogens is 282 g/mol. The van der Waals surface area contributed by atoms with Crippen molar-refractivity contribution in [2.24, 2.45) is 7.05 Å². The molecule has 7 nitrogen and oxygen atoms in total. The van der Waals surface area contributed by atoms with Crippen LogP contribution >= 0.6 is 11.6 Å². The van der Waals surface area contributed by atoms with E-state index in [2.05, 4.69) is 15.2 Å². The Morgan fingerprint density at radius 1 is 1.45 bits per heavy atom. The average Bonchev–Trinajstić information content (AvgIpc) is 2.80. The Kier molecular flexibility index (Phi) is 4.08. The van der Waals surface area contributed by atoms with E-state index >= 15 is 0 Å². The van der Waals surface area contributed by atoms with Gasteiger partial charge in [-0.3, -0.25) is 9.78 Å². The summed E-state index contributed by atoms with van der Waals surface area (Å²) in [6.45, 7) is 3.67. The Labute approximate surface area is 120 Å². The van der Waals surface area contributed by atoms with Crippen LogP contribution in [0.3, 0.4) is 0 Å². The number of rotatable bonds is 4. The van der Waals surface area contributed by atoms with E-state index in [1.807, 2.05) is 6.92 Å². The molecule has 0 aliphatic rings. The molecule has 0 amide bonds. The van der Waals surface area contributed by atoms with Crippen LogP contribution in [0.5, 0.6) is 0 Å². The van der Waals surface area contributed by atoms with E-state index in [1.165, 1.54) is 6.33 Å². The lowest BCUT2D eigenvalue weighted by molar-refractivity contribution is 0.525. The maximum atomic E-state index is 12.4. The molecule has 1 N–H and O–H groups in total. The van der Waals surface area contributed by atoms with Crippen molar-refractivity contribution in [3.63, 3.8) is 0 Å². The van der Waals surface area contributed by atoms with Gasteiger partial charge in [-0.05, 0) is 13.3 Å². The van der Waals surface area contributed by atoms with Gasteiger partial charge in [0.05, 0.1) is 11.6 Å². The first-order valence-corrected chi connectivity index (χ1v) is 6.72. The molecule has 0 aliphatic carbocycles. The number of halogens is 1. The van der Waals surface area contributed by atoms with E-state index in [0.717, 1.165) is 11.0 Å². The first-order valence-electron chi connectivity index (χ1n) is 6.34. The third-order valence-electron chi connectivity index (χ3n) is 3.18. The molecule has 1 unspecified atom stereocenters. The van der Waals surface area contributed by atoms with Gasteiger partial charge in [0.15, 0.2) is 5.82 Å². The maximum absolute atomic E-state index is 12.4. The maximum Gasteiger partial charge on any atom is 0.330 e. The third kappa shape index (κ3) is 2.40. The third-order valence-corrected chi connectivity index (χ3v) is 3.51. The van der Waals surface area contributed by atoms with Crippen LogP contribution in [0.4, 0.5) is 0 Å². The van der Waals surface area contributed by atoms with E-state index in [9.17, 15) is 9.59 Å². The van der Waals surface area contributed by atoms with Crippen LogP contribution < -0.4 is 11.2 Å². The fourth-order valence-electron chi connectivity index (χ4n) is 2.17. The van der Waals surface area contributed by atoms with Gasteiger partial charge in [-0.25, -0.2) is 9.36 Å². The standard InChI is InChI=1S/C12H16ClN5O2/c1-4-5-8-9(13)15-12(20)18(11(8)19)7(2)10-16-14-6-17(10)3/h6-7H,4-5H2,1-3H3,(H,15,20). The molecule has 2 rings (SSSR count). The SMILES string of the molecule is CCCc1c(Cl)[nH]c(=O)n(C(C)c2nncn2C)c1=O. The molecule has 108 valence electrons. The molecule has 0 bridgehead atoms. The minimum atomic E-state index is -0.546. The zero-order valence-corrected chi connectivity index (χ0v) is 12.3. The summed E-state index contributed by atoms with van der Waals surface area (Å²) in [5.74, 6) is 0.530. The Morgan fingerprint density at radius 2 is 2.15 bits per heavy atom. The van der Waals surface area contributed by atoms with Crippen molar-refractivity contribution in [3.8, 4) is 0 Å². The molecule has 2 heterocycles. The van der Waals surface area contributed by atoms with Gasteiger partial charge in [-0.2, -0.15) is 0 Å². The van der Waals surface area contributed by atoms with Gasteiger partial charge in [-0.15, -0.1) is 10.2 Å². The molecule has 20 heavy (non-hydrogen) atoms. The molecule has 0 spiro atoms. The van der Waals surface area contributed by atoms with E-state index in [1.54, 1.807) is 18.5 Å². The molecule has 1 atom stereocenters. The van der Waals surface area contributed by atoms with Gasteiger partial charge >= 0.3 is 5.69 Å². The first kappa shape index (κ1) is 14.5. The van der Waals surface area contributed by atoms with Crippen LogP contribution in [0.2, 0.25) is 5.15 Å². The number of H-pyrrole nitrogens is 1. The number of nitrogens with one attached hydrogen (secondary N) is 1. The lowest BCUT2D eigenvalue weighted by atomic mass is 10.2. The number of hydrogen-bond acceptors (Lipinski definition) is 4. The zero-order valence-electron chi connectivity index (χ0n) is 11.6. The monoisotopic (exact) mass is 297 g/mol. The second-order valence-corrected chi connectivity index (χ2v) is 5.00. The van der Waals surface area contributed by atoms with Crippen LogP contribution in [-0.2, 0) is 13.5 Å². The van der Waals surface area contributed by atoms with Crippen molar-refractivity contribution in [1.82, 2.24) is 24.3 Å². The first-order chi connectivity index (χ1) is 9.47. The molecule has 0 fully saturated rings. The Bertz CT molecular complexity index is 730. The summed E-state index contributed by atoms with van der Waals surface area (Å²) >= 11 is 5.94. The summed E-state index contributed by atoms with van der Waals surface area (Å²) in [5, 5.41) is 7.82. The molecule has 2 aromatic rings. The van der Waals surface area contributed by atoms with Crippen molar-refractivity contribution in [2.45, 2.75) is 32.7 Å². The molecule has 0 aromatic carbocycles.